The Morgan fingerprint density at radius 2 is 1.95 bits per heavy atom. The first-order chi connectivity index (χ1) is 9.66. The molecule has 2 aromatic carbocycles. The van der Waals surface area contributed by atoms with Gasteiger partial charge in [-0.05, 0) is 47.2 Å². The number of rotatable bonds is 2. The highest BCUT2D eigenvalue weighted by Crippen LogP contribution is 2.30. The van der Waals surface area contributed by atoms with Gasteiger partial charge in [0, 0.05) is 17.8 Å². The van der Waals surface area contributed by atoms with Crippen LogP contribution in [0.25, 0.3) is 21.9 Å². The van der Waals surface area contributed by atoms with E-state index in [1.807, 2.05) is 43.5 Å². The molecule has 0 aliphatic heterocycles. The van der Waals surface area contributed by atoms with Crippen LogP contribution in [0.4, 0.5) is 0 Å². The second-order valence-electron chi connectivity index (χ2n) is 4.74. The number of carboxylic acid groups (broad SMARTS) is 1. The normalized spacial score (nSPS) is 10.7. The van der Waals surface area contributed by atoms with Crippen LogP contribution in [0.15, 0.2) is 54.9 Å². The summed E-state index contributed by atoms with van der Waals surface area (Å²) in [6, 6.07) is 13.3. The first-order valence-corrected chi connectivity index (χ1v) is 6.34. The first kappa shape index (κ1) is 12.4. The number of aromatic carboxylic acids is 1. The van der Waals surface area contributed by atoms with Crippen LogP contribution in [0.2, 0.25) is 0 Å². The van der Waals surface area contributed by atoms with E-state index in [-0.39, 0.29) is 0 Å². The Morgan fingerprint density at radius 3 is 2.70 bits per heavy atom. The highest BCUT2D eigenvalue weighted by atomic mass is 16.4. The van der Waals surface area contributed by atoms with Crippen molar-refractivity contribution in [1.29, 1.82) is 0 Å². The molecule has 0 atom stereocenters. The number of aryl methyl sites for hydroxylation is 1. The lowest BCUT2D eigenvalue weighted by atomic mass is 9.95. The molecule has 3 nitrogen and oxygen atoms in total. The number of nitrogens with zero attached hydrogens (tertiary/aromatic N) is 1. The van der Waals surface area contributed by atoms with Crippen molar-refractivity contribution in [1.82, 2.24) is 4.98 Å². The van der Waals surface area contributed by atoms with Crippen molar-refractivity contribution in [2.24, 2.45) is 0 Å². The topological polar surface area (TPSA) is 50.2 Å². The summed E-state index contributed by atoms with van der Waals surface area (Å²) in [7, 11) is 0. The Balaban J connectivity index is 2.23. The van der Waals surface area contributed by atoms with Crippen LogP contribution in [-0.4, -0.2) is 16.1 Å². The quantitative estimate of drug-likeness (QED) is 0.762. The third-order valence-corrected chi connectivity index (χ3v) is 3.44. The van der Waals surface area contributed by atoms with E-state index in [0.717, 1.165) is 27.5 Å². The van der Waals surface area contributed by atoms with Crippen molar-refractivity contribution in [3.63, 3.8) is 0 Å². The number of hydrogen-bond donors (Lipinski definition) is 1. The average Bonchev–Trinajstić information content (AvgIpc) is 2.46. The number of carboxylic acids is 1. The maximum atomic E-state index is 11.0. The van der Waals surface area contributed by atoms with Crippen LogP contribution in [-0.2, 0) is 0 Å². The number of benzene rings is 2. The molecule has 0 saturated carbocycles. The van der Waals surface area contributed by atoms with E-state index < -0.39 is 5.97 Å². The standard InChI is InChI=1S/C17H13NO2/c1-11-9-12(17(19)20)5-6-14(11)16-4-2-3-13-10-18-8-7-15(13)16/h2-10H,1H3,(H,19,20). The molecule has 0 bridgehead atoms. The molecule has 1 N–H and O–H groups in total. The van der Waals surface area contributed by atoms with Gasteiger partial charge < -0.3 is 5.11 Å². The van der Waals surface area contributed by atoms with Crippen molar-refractivity contribution in [2.75, 3.05) is 0 Å². The van der Waals surface area contributed by atoms with Crippen LogP contribution >= 0.6 is 0 Å². The summed E-state index contributed by atoms with van der Waals surface area (Å²) in [5.41, 5.74) is 3.41. The van der Waals surface area contributed by atoms with E-state index in [4.69, 9.17) is 5.11 Å². The maximum Gasteiger partial charge on any atom is 0.335 e. The SMILES string of the molecule is Cc1cc(C(=O)O)ccc1-c1cccc2cnccc12. The van der Waals surface area contributed by atoms with E-state index in [0.29, 0.717) is 5.56 Å². The monoisotopic (exact) mass is 263 g/mol. The van der Waals surface area contributed by atoms with E-state index in [9.17, 15) is 4.79 Å². The summed E-state index contributed by atoms with van der Waals surface area (Å²) >= 11 is 0. The van der Waals surface area contributed by atoms with Gasteiger partial charge in [-0.2, -0.15) is 0 Å². The molecule has 3 rings (SSSR count). The summed E-state index contributed by atoms with van der Waals surface area (Å²) in [6.45, 7) is 1.93. The van der Waals surface area contributed by atoms with Gasteiger partial charge in [-0.1, -0.05) is 24.3 Å². The molecule has 0 fully saturated rings. The minimum absolute atomic E-state index is 0.313. The smallest absolute Gasteiger partial charge is 0.335 e. The largest absolute Gasteiger partial charge is 0.478 e. The van der Waals surface area contributed by atoms with E-state index in [2.05, 4.69) is 4.98 Å². The van der Waals surface area contributed by atoms with Gasteiger partial charge in [0.2, 0.25) is 0 Å². The van der Waals surface area contributed by atoms with Crippen molar-refractivity contribution >= 4 is 16.7 Å². The van der Waals surface area contributed by atoms with Gasteiger partial charge in [0.05, 0.1) is 5.56 Å². The molecule has 98 valence electrons. The highest BCUT2D eigenvalue weighted by Gasteiger charge is 2.09. The zero-order chi connectivity index (χ0) is 14.1. The molecule has 20 heavy (non-hydrogen) atoms. The van der Waals surface area contributed by atoms with E-state index >= 15 is 0 Å². The minimum atomic E-state index is -0.901. The molecule has 0 radical (unpaired) electrons. The van der Waals surface area contributed by atoms with Crippen molar-refractivity contribution in [3.05, 3.63) is 66.0 Å². The third-order valence-electron chi connectivity index (χ3n) is 3.44. The Hall–Kier alpha value is -2.68. The summed E-state index contributed by atoms with van der Waals surface area (Å²) in [5.74, 6) is -0.901. The number of carbonyl (C=O) groups is 1. The lowest BCUT2D eigenvalue weighted by Gasteiger charge is -2.10. The second-order valence-corrected chi connectivity index (χ2v) is 4.74. The van der Waals surface area contributed by atoms with Crippen molar-refractivity contribution in [2.45, 2.75) is 6.92 Å². The lowest BCUT2D eigenvalue weighted by Crippen LogP contribution is -1.97. The van der Waals surface area contributed by atoms with Crippen LogP contribution in [0.3, 0.4) is 0 Å². The van der Waals surface area contributed by atoms with E-state index in [1.54, 1.807) is 18.3 Å². The third kappa shape index (κ3) is 2.03. The number of pyridine rings is 1. The van der Waals surface area contributed by atoms with Crippen molar-refractivity contribution in [3.8, 4) is 11.1 Å². The van der Waals surface area contributed by atoms with Gasteiger partial charge in [0.15, 0.2) is 0 Å². The minimum Gasteiger partial charge on any atom is -0.478 e. The lowest BCUT2D eigenvalue weighted by molar-refractivity contribution is 0.0697. The predicted octanol–water partition coefficient (Wildman–Crippen LogP) is 3.91. The molecule has 0 amide bonds. The zero-order valence-corrected chi connectivity index (χ0v) is 11.0. The molecule has 1 aromatic heterocycles. The maximum absolute atomic E-state index is 11.0. The zero-order valence-electron chi connectivity index (χ0n) is 11.0. The molecule has 0 aliphatic carbocycles. The summed E-state index contributed by atoms with van der Waals surface area (Å²) in [5, 5.41) is 11.2. The molecule has 3 heteroatoms. The summed E-state index contributed by atoms with van der Waals surface area (Å²) < 4.78 is 0. The fourth-order valence-corrected chi connectivity index (χ4v) is 2.46. The first-order valence-electron chi connectivity index (χ1n) is 6.34. The van der Waals surface area contributed by atoms with Gasteiger partial charge >= 0.3 is 5.97 Å². The van der Waals surface area contributed by atoms with Gasteiger partial charge in [0.1, 0.15) is 0 Å². The molecule has 0 unspecified atom stereocenters. The molecule has 0 spiro atoms. The van der Waals surface area contributed by atoms with Gasteiger partial charge in [0.25, 0.3) is 0 Å². The second kappa shape index (κ2) is 4.78. The van der Waals surface area contributed by atoms with Crippen LogP contribution in [0.5, 0.6) is 0 Å². The average molecular weight is 263 g/mol. The fraction of sp³-hybridized carbons (Fsp3) is 0.0588. The Kier molecular flexibility index (Phi) is 2.95. The van der Waals surface area contributed by atoms with Crippen LogP contribution < -0.4 is 0 Å². The molecule has 0 aliphatic rings. The fourth-order valence-electron chi connectivity index (χ4n) is 2.46. The van der Waals surface area contributed by atoms with Gasteiger partial charge in [-0.15, -0.1) is 0 Å². The van der Waals surface area contributed by atoms with E-state index in [1.165, 1.54) is 0 Å². The Morgan fingerprint density at radius 1 is 1.10 bits per heavy atom. The van der Waals surface area contributed by atoms with Gasteiger partial charge in [-0.25, -0.2) is 4.79 Å². The molecule has 0 saturated heterocycles. The number of aromatic nitrogens is 1. The molecular weight excluding hydrogens is 250 g/mol. The van der Waals surface area contributed by atoms with Crippen molar-refractivity contribution < 1.29 is 9.90 Å². The molecule has 3 aromatic rings. The Labute approximate surface area is 116 Å². The predicted molar refractivity (Wildman–Crippen MR) is 78.9 cm³/mol. The number of hydrogen-bond acceptors (Lipinski definition) is 2. The van der Waals surface area contributed by atoms with Gasteiger partial charge in [-0.3, -0.25) is 4.98 Å². The summed E-state index contributed by atoms with van der Waals surface area (Å²) in [4.78, 5) is 15.1. The molecule has 1 heterocycles. The van der Waals surface area contributed by atoms with Crippen LogP contribution in [0.1, 0.15) is 15.9 Å². The Bertz CT molecular complexity index is 804. The molecular formula is C17H13NO2. The number of fused-ring (bicyclic) bond motifs is 1. The highest BCUT2D eigenvalue weighted by molar-refractivity contribution is 5.97. The van der Waals surface area contributed by atoms with Crippen LogP contribution in [0, 0.1) is 6.92 Å². The summed E-state index contributed by atoms with van der Waals surface area (Å²) in [6.07, 6.45) is 3.60.